The lowest BCUT2D eigenvalue weighted by Gasteiger charge is -2.09. The van der Waals surface area contributed by atoms with E-state index in [4.69, 9.17) is 0 Å². The van der Waals surface area contributed by atoms with Crippen LogP contribution in [-0.4, -0.2) is 12.6 Å². The molecule has 0 radical (unpaired) electrons. The van der Waals surface area contributed by atoms with Gasteiger partial charge in [-0.2, -0.15) is 0 Å². The second kappa shape index (κ2) is 5.83. The van der Waals surface area contributed by atoms with Crippen molar-refractivity contribution in [1.82, 2.24) is 0 Å². The Hall–Kier alpha value is -0.920. The first-order valence-electron chi connectivity index (χ1n) is 3.85. The molecule has 0 amide bonds. The van der Waals surface area contributed by atoms with Gasteiger partial charge in [0.15, 0.2) is 0 Å². The third-order valence-corrected chi connectivity index (χ3v) is 1.81. The summed E-state index contributed by atoms with van der Waals surface area (Å²) >= 11 is 0. The van der Waals surface area contributed by atoms with Crippen LogP contribution in [0.5, 0.6) is 0 Å². The average Bonchev–Trinajstić information content (AvgIpc) is 2.05. The summed E-state index contributed by atoms with van der Waals surface area (Å²) in [5, 5.41) is 0. The molecule has 0 aliphatic rings. The van der Waals surface area contributed by atoms with Gasteiger partial charge in [0, 0.05) is 6.42 Å². The minimum atomic E-state index is 0.120. The third-order valence-electron chi connectivity index (χ3n) is 1.81. The van der Waals surface area contributed by atoms with Crippen LogP contribution in [0.15, 0.2) is 11.6 Å². The van der Waals surface area contributed by atoms with Gasteiger partial charge in [-0.25, -0.2) is 0 Å². The Morgan fingerprint density at radius 2 is 2.09 bits per heavy atom. The fourth-order valence-corrected chi connectivity index (χ4v) is 1.05. The van der Waals surface area contributed by atoms with Crippen LogP contribution in [0.4, 0.5) is 0 Å². The maximum atomic E-state index is 10.4. The minimum absolute atomic E-state index is 0.120. The monoisotopic (exact) mass is 154 g/mol. The van der Waals surface area contributed by atoms with E-state index in [0.717, 1.165) is 24.6 Å². The molecule has 0 saturated carbocycles. The van der Waals surface area contributed by atoms with Crippen molar-refractivity contribution in [2.24, 2.45) is 5.92 Å². The molecule has 0 aromatic rings. The van der Waals surface area contributed by atoms with Crippen molar-refractivity contribution in [2.45, 2.75) is 26.7 Å². The summed E-state index contributed by atoms with van der Waals surface area (Å²) in [6.07, 6.45) is 4.76. The first kappa shape index (κ1) is 10.1. The van der Waals surface area contributed by atoms with Gasteiger partial charge in [-0.15, -0.1) is 0 Å². The molecule has 0 aromatic heterocycles. The molecule has 0 heterocycles. The van der Waals surface area contributed by atoms with Crippen LogP contribution < -0.4 is 0 Å². The zero-order chi connectivity index (χ0) is 8.69. The van der Waals surface area contributed by atoms with Crippen molar-refractivity contribution < 1.29 is 9.59 Å². The maximum Gasteiger partial charge on any atom is 0.145 e. The van der Waals surface area contributed by atoms with Gasteiger partial charge in [-0.1, -0.05) is 13.0 Å². The molecular weight excluding hydrogens is 140 g/mol. The Morgan fingerprint density at radius 1 is 1.45 bits per heavy atom. The van der Waals surface area contributed by atoms with Gasteiger partial charge in [0.1, 0.15) is 12.6 Å². The minimum Gasteiger partial charge on any atom is -0.303 e. The predicted octanol–water partition coefficient (Wildman–Crippen LogP) is 1.75. The molecule has 62 valence electrons. The summed E-state index contributed by atoms with van der Waals surface area (Å²) in [4.78, 5) is 20.6. The van der Waals surface area contributed by atoms with Crippen LogP contribution >= 0.6 is 0 Å². The summed E-state index contributed by atoms with van der Waals surface area (Å²) in [6, 6.07) is 0. The first-order valence-corrected chi connectivity index (χ1v) is 3.85. The van der Waals surface area contributed by atoms with Crippen molar-refractivity contribution in [3.63, 3.8) is 0 Å². The zero-order valence-electron chi connectivity index (χ0n) is 7.04. The van der Waals surface area contributed by atoms with Crippen molar-refractivity contribution in [2.75, 3.05) is 0 Å². The lowest BCUT2D eigenvalue weighted by molar-refractivity contribution is -0.108. The molecule has 0 N–H and O–H groups in total. The number of hydrogen-bond donors (Lipinski definition) is 0. The fraction of sp³-hybridized carbons (Fsp3) is 0.556. The van der Waals surface area contributed by atoms with E-state index < -0.39 is 0 Å². The Labute approximate surface area is 67.3 Å². The van der Waals surface area contributed by atoms with Crippen LogP contribution in [0.3, 0.4) is 0 Å². The Kier molecular flexibility index (Phi) is 5.35. The topological polar surface area (TPSA) is 34.1 Å². The van der Waals surface area contributed by atoms with Crippen LogP contribution in [-0.2, 0) is 9.59 Å². The van der Waals surface area contributed by atoms with Gasteiger partial charge in [-0.3, -0.25) is 4.79 Å². The van der Waals surface area contributed by atoms with Gasteiger partial charge < -0.3 is 4.79 Å². The summed E-state index contributed by atoms with van der Waals surface area (Å²) in [7, 11) is 0. The SMILES string of the molecule is C/C=C(/C=O)C(CC)CC=O. The number of carbonyl (C=O) groups is 2. The zero-order valence-corrected chi connectivity index (χ0v) is 7.04. The van der Waals surface area contributed by atoms with Gasteiger partial charge in [0.2, 0.25) is 0 Å². The molecule has 0 aliphatic heterocycles. The number of allylic oxidation sites excluding steroid dienone is 2. The normalized spacial score (nSPS) is 14.2. The number of carbonyl (C=O) groups excluding carboxylic acids is 2. The first-order chi connectivity index (χ1) is 5.29. The number of hydrogen-bond acceptors (Lipinski definition) is 2. The second-order valence-electron chi connectivity index (χ2n) is 2.41. The average molecular weight is 154 g/mol. The van der Waals surface area contributed by atoms with Crippen LogP contribution in [0, 0.1) is 5.92 Å². The predicted molar refractivity (Wildman–Crippen MR) is 44.3 cm³/mol. The largest absolute Gasteiger partial charge is 0.303 e. The van der Waals surface area contributed by atoms with E-state index in [0.29, 0.717) is 6.42 Å². The fourth-order valence-electron chi connectivity index (χ4n) is 1.05. The molecule has 11 heavy (non-hydrogen) atoms. The summed E-state index contributed by atoms with van der Waals surface area (Å²) in [5.74, 6) is 0.120. The van der Waals surface area contributed by atoms with Gasteiger partial charge in [0.25, 0.3) is 0 Å². The molecule has 0 aliphatic carbocycles. The molecule has 0 rings (SSSR count). The highest BCUT2D eigenvalue weighted by Gasteiger charge is 2.09. The highest BCUT2D eigenvalue weighted by Crippen LogP contribution is 2.15. The highest BCUT2D eigenvalue weighted by molar-refractivity contribution is 5.74. The van der Waals surface area contributed by atoms with Crippen molar-refractivity contribution >= 4 is 12.6 Å². The molecule has 1 unspecified atom stereocenters. The van der Waals surface area contributed by atoms with Gasteiger partial charge in [0.05, 0.1) is 0 Å². The lowest BCUT2D eigenvalue weighted by atomic mass is 9.94. The summed E-state index contributed by atoms with van der Waals surface area (Å²) < 4.78 is 0. The maximum absolute atomic E-state index is 10.4. The Balaban J connectivity index is 4.20. The molecule has 2 heteroatoms. The van der Waals surface area contributed by atoms with Crippen molar-refractivity contribution in [1.29, 1.82) is 0 Å². The smallest absolute Gasteiger partial charge is 0.145 e. The molecule has 0 fully saturated rings. The molecule has 1 atom stereocenters. The van der Waals surface area contributed by atoms with E-state index in [1.54, 1.807) is 6.08 Å². The summed E-state index contributed by atoms with van der Waals surface area (Å²) in [6.45, 7) is 3.79. The van der Waals surface area contributed by atoms with Gasteiger partial charge in [-0.05, 0) is 24.8 Å². The second-order valence-corrected chi connectivity index (χ2v) is 2.41. The van der Waals surface area contributed by atoms with E-state index in [1.807, 2.05) is 13.8 Å². The van der Waals surface area contributed by atoms with E-state index >= 15 is 0 Å². The van der Waals surface area contributed by atoms with Crippen molar-refractivity contribution in [3.05, 3.63) is 11.6 Å². The molecule has 0 saturated heterocycles. The summed E-state index contributed by atoms with van der Waals surface area (Å²) in [5.41, 5.74) is 0.736. The molecule has 0 bridgehead atoms. The Bertz CT molecular complexity index is 159. The van der Waals surface area contributed by atoms with E-state index in [2.05, 4.69) is 0 Å². The number of rotatable bonds is 5. The number of aldehydes is 2. The van der Waals surface area contributed by atoms with E-state index in [-0.39, 0.29) is 5.92 Å². The highest BCUT2D eigenvalue weighted by atomic mass is 16.1. The van der Waals surface area contributed by atoms with E-state index in [9.17, 15) is 9.59 Å². The molecule has 2 nitrogen and oxygen atoms in total. The van der Waals surface area contributed by atoms with Crippen LogP contribution in [0.25, 0.3) is 0 Å². The lowest BCUT2D eigenvalue weighted by Crippen LogP contribution is -2.04. The molecule has 0 aromatic carbocycles. The molecule has 0 spiro atoms. The van der Waals surface area contributed by atoms with Crippen LogP contribution in [0.1, 0.15) is 26.7 Å². The van der Waals surface area contributed by atoms with Gasteiger partial charge >= 0.3 is 0 Å². The third kappa shape index (κ3) is 3.12. The quantitative estimate of drug-likeness (QED) is 0.446. The van der Waals surface area contributed by atoms with E-state index in [1.165, 1.54) is 0 Å². The molecular formula is C9H14O2. The van der Waals surface area contributed by atoms with Crippen molar-refractivity contribution in [3.8, 4) is 0 Å². The standard InChI is InChI=1S/C9H14O2/c1-3-8(5-6-10)9(4-2)7-11/h4,6-8H,3,5H2,1-2H3/b9-4-. The van der Waals surface area contributed by atoms with Crippen LogP contribution in [0.2, 0.25) is 0 Å². The Morgan fingerprint density at radius 3 is 2.36 bits per heavy atom.